The van der Waals surface area contributed by atoms with Crippen LogP contribution in [-0.2, 0) is 0 Å². The molecule has 0 amide bonds. The summed E-state index contributed by atoms with van der Waals surface area (Å²) in [5, 5.41) is 3.86. The maximum absolute atomic E-state index is 5.89. The Morgan fingerprint density at radius 1 is 1.20 bits per heavy atom. The van der Waals surface area contributed by atoms with Crippen LogP contribution in [0.3, 0.4) is 0 Å². The number of hydrogen-bond acceptors (Lipinski definition) is 3. The Morgan fingerprint density at radius 3 is 2.47 bits per heavy atom. The second-order valence-corrected chi connectivity index (χ2v) is 3.83. The molecule has 0 spiro atoms. The Balaban J connectivity index is 2.59. The maximum atomic E-state index is 5.89. The minimum atomic E-state index is 0.627. The molecule has 78 valence electrons. The topological polar surface area (TPSA) is 52.0 Å². The van der Waals surface area contributed by atoms with Gasteiger partial charge in [0.15, 0.2) is 5.76 Å². The molecule has 1 heterocycles. The van der Waals surface area contributed by atoms with Crippen LogP contribution >= 0.6 is 0 Å². The molecule has 2 N–H and O–H groups in total. The third kappa shape index (κ3) is 1.61. The van der Waals surface area contributed by atoms with Crippen LogP contribution in [0.15, 0.2) is 22.7 Å². The van der Waals surface area contributed by atoms with E-state index in [0.29, 0.717) is 11.4 Å². The number of anilines is 1. The van der Waals surface area contributed by atoms with Crippen LogP contribution in [0.5, 0.6) is 0 Å². The number of hydrogen-bond donors (Lipinski definition) is 1. The van der Waals surface area contributed by atoms with Crippen molar-refractivity contribution < 1.29 is 4.52 Å². The Bertz CT molecular complexity index is 500. The maximum Gasteiger partial charge on any atom is 0.190 e. The summed E-state index contributed by atoms with van der Waals surface area (Å²) in [5.41, 5.74) is 10.6. The first-order valence-corrected chi connectivity index (χ1v) is 4.89. The summed E-state index contributed by atoms with van der Waals surface area (Å²) in [6, 6.07) is 6.16. The normalized spacial score (nSPS) is 10.6. The van der Waals surface area contributed by atoms with E-state index in [1.807, 2.05) is 26.0 Å². The Labute approximate surface area is 88.9 Å². The smallest absolute Gasteiger partial charge is 0.190 e. The van der Waals surface area contributed by atoms with Gasteiger partial charge >= 0.3 is 0 Å². The summed E-state index contributed by atoms with van der Waals surface area (Å²) in [6.07, 6.45) is 0. The van der Waals surface area contributed by atoms with Crippen molar-refractivity contribution in [1.82, 2.24) is 5.16 Å². The number of benzene rings is 1. The second-order valence-electron chi connectivity index (χ2n) is 3.83. The molecule has 3 heteroatoms. The number of aryl methyl sites for hydroxylation is 3. The standard InChI is InChI=1S/C12H14N2O/c1-7-4-5-10(8(2)6-7)12-11(13)9(3)14-15-12/h4-6H,13H2,1-3H3. The van der Waals surface area contributed by atoms with Crippen molar-refractivity contribution in [3.8, 4) is 11.3 Å². The van der Waals surface area contributed by atoms with Gasteiger partial charge in [-0.25, -0.2) is 0 Å². The lowest BCUT2D eigenvalue weighted by Gasteiger charge is -2.03. The highest BCUT2D eigenvalue weighted by Gasteiger charge is 2.13. The van der Waals surface area contributed by atoms with E-state index in [1.165, 1.54) is 5.56 Å². The number of aromatic nitrogens is 1. The van der Waals surface area contributed by atoms with Crippen molar-refractivity contribution in [3.05, 3.63) is 35.0 Å². The molecule has 0 atom stereocenters. The first-order chi connectivity index (χ1) is 7.09. The van der Waals surface area contributed by atoms with Crippen molar-refractivity contribution in [2.75, 3.05) is 5.73 Å². The lowest BCUT2D eigenvalue weighted by molar-refractivity contribution is 0.427. The molecule has 1 aromatic heterocycles. The average Bonchev–Trinajstić information content (AvgIpc) is 2.49. The fourth-order valence-corrected chi connectivity index (χ4v) is 1.64. The molecule has 0 bridgehead atoms. The quantitative estimate of drug-likeness (QED) is 0.773. The molecule has 1 aromatic carbocycles. The van der Waals surface area contributed by atoms with E-state index >= 15 is 0 Å². The fraction of sp³-hybridized carbons (Fsp3) is 0.250. The summed E-state index contributed by atoms with van der Waals surface area (Å²) in [4.78, 5) is 0. The predicted molar refractivity (Wildman–Crippen MR) is 60.6 cm³/mol. The van der Waals surface area contributed by atoms with E-state index in [1.54, 1.807) is 0 Å². The van der Waals surface area contributed by atoms with E-state index < -0.39 is 0 Å². The van der Waals surface area contributed by atoms with Gasteiger partial charge in [-0.1, -0.05) is 28.9 Å². The van der Waals surface area contributed by atoms with E-state index in [9.17, 15) is 0 Å². The Morgan fingerprint density at radius 2 is 1.93 bits per heavy atom. The van der Waals surface area contributed by atoms with Gasteiger partial charge in [0.25, 0.3) is 0 Å². The van der Waals surface area contributed by atoms with Crippen LogP contribution in [0.25, 0.3) is 11.3 Å². The molecule has 2 rings (SSSR count). The molecule has 0 aliphatic rings. The van der Waals surface area contributed by atoms with E-state index in [-0.39, 0.29) is 0 Å². The van der Waals surface area contributed by atoms with Gasteiger partial charge in [-0.3, -0.25) is 0 Å². The lowest BCUT2D eigenvalue weighted by atomic mass is 10.0. The Hall–Kier alpha value is -1.77. The highest BCUT2D eigenvalue weighted by Crippen LogP contribution is 2.30. The second kappa shape index (κ2) is 3.42. The van der Waals surface area contributed by atoms with Crippen molar-refractivity contribution in [1.29, 1.82) is 0 Å². The largest absolute Gasteiger partial charge is 0.394 e. The van der Waals surface area contributed by atoms with Crippen LogP contribution < -0.4 is 5.73 Å². The lowest BCUT2D eigenvalue weighted by Crippen LogP contribution is -1.90. The summed E-state index contributed by atoms with van der Waals surface area (Å²) < 4.78 is 5.23. The van der Waals surface area contributed by atoms with Gasteiger partial charge < -0.3 is 10.3 Å². The number of nitrogen functional groups attached to an aromatic ring is 1. The van der Waals surface area contributed by atoms with E-state index in [2.05, 4.69) is 18.1 Å². The van der Waals surface area contributed by atoms with Crippen molar-refractivity contribution in [3.63, 3.8) is 0 Å². The summed E-state index contributed by atoms with van der Waals surface area (Å²) in [7, 11) is 0. The number of nitrogens with two attached hydrogens (primary N) is 1. The van der Waals surface area contributed by atoms with Crippen molar-refractivity contribution in [2.24, 2.45) is 0 Å². The SMILES string of the molecule is Cc1ccc(-c2onc(C)c2N)c(C)c1. The minimum Gasteiger partial charge on any atom is -0.394 e. The zero-order valence-corrected chi connectivity index (χ0v) is 9.16. The van der Waals surface area contributed by atoms with Gasteiger partial charge in [-0.15, -0.1) is 0 Å². The monoisotopic (exact) mass is 202 g/mol. The molecule has 15 heavy (non-hydrogen) atoms. The Kier molecular flexibility index (Phi) is 2.23. The molecule has 0 aliphatic carbocycles. The summed E-state index contributed by atoms with van der Waals surface area (Å²) >= 11 is 0. The van der Waals surface area contributed by atoms with Gasteiger partial charge in [-0.05, 0) is 26.3 Å². The van der Waals surface area contributed by atoms with Crippen LogP contribution in [-0.4, -0.2) is 5.16 Å². The van der Waals surface area contributed by atoms with Crippen molar-refractivity contribution >= 4 is 5.69 Å². The van der Waals surface area contributed by atoms with Gasteiger partial charge in [-0.2, -0.15) is 0 Å². The summed E-state index contributed by atoms with van der Waals surface area (Å²) in [5.74, 6) is 0.671. The number of rotatable bonds is 1. The molecule has 0 aliphatic heterocycles. The van der Waals surface area contributed by atoms with Crippen LogP contribution in [0.2, 0.25) is 0 Å². The van der Waals surface area contributed by atoms with Crippen molar-refractivity contribution in [2.45, 2.75) is 20.8 Å². The van der Waals surface area contributed by atoms with Gasteiger partial charge in [0.05, 0.1) is 0 Å². The van der Waals surface area contributed by atoms with Gasteiger partial charge in [0.2, 0.25) is 0 Å². The first-order valence-electron chi connectivity index (χ1n) is 4.89. The third-order valence-electron chi connectivity index (χ3n) is 2.53. The van der Waals surface area contributed by atoms with Gasteiger partial charge in [0.1, 0.15) is 11.4 Å². The molecule has 0 fully saturated rings. The molecular weight excluding hydrogens is 188 g/mol. The summed E-state index contributed by atoms with van der Waals surface area (Å²) in [6.45, 7) is 5.94. The highest BCUT2D eigenvalue weighted by molar-refractivity contribution is 5.74. The van der Waals surface area contributed by atoms with E-state index in [4.69, 9.17) is 10.3 Å². The minimum absolute atomic E-state index is 0.627. The predicted octanol–water partition coefficient (Wildman–Crippen LogP) is 2.85. The fourth-order valence-electron chi connectivity index (χ4n) is 1.64. The molecule has 2 aromatic rings. The molecular formula is C12H14N2O. The number of nitrogens with zero attached hydrogens (tertiary/aromatic N) is 1. The molecule has 0 unspecified atom stereocenters. The molecule has 0 radical (unpaired) electrons. The zero-order chi connectivity index (χ0) is 11.0. The van der Waals surface area contributed by atoms with Gasteiger partial charge in [0, 0.05) is 5.56 Å². The first kappa shape index (κ1) is 9.77. The van der Waals surface area contributed by atoms with Crippen LogP contribution in [0.4, 0.5) is 5.69 Å². The van der Waals surface area contributed by atoms with Crippen LogP contribution in [0, 0.1) is 20.8 Å². The molecule has 0 saturated heterocycles. The highest BCUT2D eigenvalue weighted by atomic mass is 16.5. The molecule has 3 nitrogen and oxygen atoms in total. The third-order valence-corrected chi connectivity index (χ3v) is 2.53. The molecule has 0 saturated carbocycles. The van der Waals surface area contributed by atoms with Crippen LogP contribution in [0.1, 0.15) is 16.8 Å². The average molecular weight is 202 g/mol. The van der Waals surface area contributed by atoms with E-state index in [0.717, 1.165) is 16.8 Å². The zero-order valence-electron chi connectivity index (χ0n) is 9.16.